The molecule has 1 aromatic carbocycles. The Morgan fingerprint density at radius 3 is 2.45 bits per heavy atom. The Hall–Kier alpha value is -2.43. The first-order chi connectivity index (χ1) is 14.0. The summed E-state index contributed by atoms with van der Waals surface area (Å²) in [6, 6.07) is 10.5. The third-order valence-electron chi connectivity index (χ3n) is 6.64. The summed E-state index contributed by atoms with van der Waals surface area (Å²) in [6.45, 7) is 10.0. The van der Waals surface area contributed by atoms with Crippen molar-refractivity contribution in [3.63, 3.8) is 0 Å². The molecule has 4 rings (SSSR count). The normalized spacial score (nSPS) is 20.7. The molecule has 5 nitrogen and oxygen atoms in total. The van der Waals surface area contributed by atoms with Gasteiger partial charge in [-0.15, -0.1) is 10.2 Å². The van der Waals surface area contributed by atoms with E-state index in [0.717, 1.165) is 74.9 Å². The zero-order valence-corrected chi connectivity index (χ0v) is 17.9. The summed E-state index contributed by atoms with van der Waals surface area (Å²) in [7, 11) is 0. The van der Waals surface area contributed by atoms with Crippen LogP contribution in [0.15, 0.2) is 30.3 Å². The molecule has 2 saturated heterocycles. The standard InChI is InChI=1S/C24H32N4O/c1-17-10-13-27(14-11-17)24(29)21-5-4-12-28(16-21)23-9-8-22(25-26-23)20-7-6-18(2)19(3)15-20/h6-9,15,17,21H,4-5,10-14,16H2,1-3H3/t21-/m1/s1. The van der Waals surface area contributed by atoms with Crippen LogP contribution in [0.5, 0.6) is 0 Å². The first-order valence-corrected chi connectivity index (χ1v) is 11.0. The molecule has 0 saturated carbocycles. The molecule has 1 atom stereocenters. The predicted molar refractivity (Wildman–Crippen MR) is 117 cm³/mol. The van der Waals surface area contributed by atoms with Gasteiger partial charge < -0.3 is 9.80 Å². The topological polar surface area (TPSA) is 49.3 Å². The molecule has 0 aliphatic carbocycles. The number of benzene rings is 1. The summed E-state index contributed by atoms with van der Waals surface area (Å²) in [4.78, 5) is 17.3. The summed E-state index contributed by atoms with van der Waals surface area (Å²) >= 11 is 0. The maximum Gasteiger partial charge on any atom is 0.227 e. The summed E-state index contributed by atoms with van der Waals surface area (Å²) < 4.78 is 0. The molecule has 154 valence electrons. The first-order valence-electron chi connectivity index (χ1n) is 11.0. The van der Waals surface area contributed by atoms with E-state index in [1.54, 1.807) is 0 Å². The molecular formula is C24H32N4O. The van der Waals surface area contributed by atoms with Gasteiger partial charge in [0.1, 0.15) is 0 Å². The number of likely N-dealkylation sites (tertiary alicyclic amines) is 1. The Morgan fingerprint density at radius 2 is 1.76 bits per heavy atom. The lowest BCUT2D eigenvalue weighted by atomic mass is 9.93. The van der Waals surface area contributed by atoms with Gasteiger partial charge in [-0.1, -0.05) is 19.1 Å². The van der Waals surface area contributed by atoms with E-state index in [2.05, 4.69) is 59.0 Å². The van der Waals surface area contributed by atoms with Crippen molar-refractivity contribution in [1.29, 1.82) is 0 Å². The summed E-state index contributed by atoms with van der Waals surface area (Å²) in [6.07, 6.45) is 4.28. The zero-order valence-electron chi connectivity index (χ0n) is 17.9. The van der Waals surface area contributed by atoms with Gasteiger partial charge in [-0.25, -0.2) is 0 Å². The van der Waals surface area contributed by atoms with Crippen LogP contribution in [0.4, 0.5) is 5.82 Å². The number of amides is 1. The SMILES string of the molecule is Cc1ccc(-c2ccc(N3CCC[C@@H](C(=O)N4CCC(C)CC4)C3)nn2)cc1C. The van der Waals surface area contributed by atoms with E-state index < -0.39 is 0 Å². The van der Waals surface area contributed by atoms with Gasteiger partial charge in [-0.2, -0.15) is 0 Å². The van der Waals surface area contributed by atoms with Crippen molar-refractivity contribution in [3.8, 4) is 11.3 Å². The Bertz CT molecular complexity index is 856. The Balaban J connectivity index is 1.43. The number of nitrogens with zero attached hydrogens (tertiary/aromatic N) is 4. The van der Waals surface area contributed by atoms with Crippen LogP contribution in [0, 0.1) is 25.7 Å². The monoisotopic (exact) mass is 392 g/mol. The zero-order chi connectivity index (χ0) is 20.4. The number of anilines is 1. The average Bonchev–Trinajstić information content (AvgIpc) is 2.76. The molecule has 2 fully saturated rings. The fourth-order valence-corrected chi connectivity index (χ4v) is 4.42. The molecule has 3 heterocycles. The van der Waals surface area contributed by atoms with Crippen LogP contribution in [0.2, 0.25) is 0 Å². The third kappa shape index (κ3) is 4.44. The molecule has 1 aromatic heterocycles. The quantitative estimate of drug-likeness (QED) is 0.784. The van der Waals surface area contributed by atoms with Crippen LogP contribution < -0.4 is 4.90 Å². The number of rotatable bonds is 3. The van der Waals surface area contributed by atoms with E-state index in [4.69, 9.17) is 0 Å². The van der Waals surface area contributed by atoms with E-state index in [1.807, 2.05) is 12.1 Å². The summed E-state index contributed by atoms with van der Waals surface area (Å²) in [5.74, 6) is 2.04. The summed E-state index contributed by atoms with van der Waals surface area (Å²) in [5.41, 5.74) is 4.53. The molecule has 2 aliphatic rings. The number of hydrogen-bond donors (Lipinski definition) is 0. The van der Waals surface area contributed by atoms with Crippen molar-refractivity contribution in [2.75, 3.05) is 31.1 Å². The molecule has 5 heteroatoms. The fraction of sp³-hybridized carbons (Fsp3) is 0.542. The van der Waals surface area contributed by atoms with Gasteiger partial charge in [0.05, 0.1) is 11.6 Å². The number of piperidine rings is 2. The van der Waals surface area contributed by atoms with Gasteiger partial charge >= 0.3 is 0 Å². The van der Waals surface area contributed by atoms with Crippen molar-refractivity contribution in [3.05, 3.63) is 41.5 Å². The van der Waals surface area contributed by atoms with Crippen molar-refractivity contribution >= 4 is 11.7 Å². The second-order valence-corrected chi connectivity index (χ2v) is 8.87. The van der Waals surface area contributed by atoms with Crippen molar-refractivity contribution in [2.45, 2.75) is 46.5 Å². The smallest absolute Gasteiger partial charge is 0.227 e. The molecule has 1 amide bonds. The molecule has 0 unspecified atom stereocenters. The van der Waals surface area contributed by atoms with Gasteiger partial charge in [0, 0.05) is 31.7 Å². The van der Waals surface area contributed by atoms with E-state index in [9.17, 15) is 4.79 Å². The highest BCUT2D eigenvalue weighted by atomic mass is 16.2. The van der Waals surface area contributed by atoms with E-state index >= 15 is 0 Å². The van der Waals surface area contributed by atoms with Crippen LogP contribution >= 0.6 is 0 Å². The Kier molecular flexibility index (Phi) is 5.84. The average molecular weight is 393 g/mol. The number of aryl methyl sites for hydroxylation is 2. The third-order valence-corrected chi connectivity index (χ3v) is 6.64. The molecule has 29 heavy (non-hydrogen) atoms. The van der Waals surface area contributed by atoms with Gasteiger partial charge in [-0.3, -0.25) is 4.79 Å². The van der Waals surface area contributed by atoms with Crippen LogP contribution in [0.1, 0.15) is 43.7 Å². The predicted octanol–water partition coefficient (Wildman–Crippen LogP) is 4.24. The lowest BCUT2D eigenvalue weighted by molar-refractivity contribution is -0.137. The van der Waals surface area contributed by atoms with Gasteiger partial charge in [0.15, 0.2) is 5.82 Å². The van der Waals surface area contributed by atoms with Crippen LogP contribution in [-0.4, -0.2) is 47.2 Å². The number of carbonyl (C=O) groups excluding carboxylic acids is 1. The highest BCUT2D eigenvalue weighted by Crippen LogP contribution is 2.26. The lowest BCUT2D eigenvalue weighted by Crippen LogP contribution is -2.47. The first kappa shape index (κ1) is 19.9. The second kappa shape index (κ2) is 8.52. The summed E-state index contributed by atoms with van der Waals surface area (Å²) in [5, 5.41) is 8.97. The van der Waals surface area contributed by atoms with Gasteiger partial charge in [-0.05, 0) is 74.8 Å². The number of carbonyl (C=O) groups is 1. The minimum atomic E-state index is 0.0818. The molecule has 0 radical (unpaired) electrons. The highest BCUT2D eigenvalue weighted by Gasteiger charge is 2.31. The maximum absolute atomic E-state index is 13.0. The highest BCUT2D eigenvalue weighted by molar-refractivity contribution is 5.80. The molecule has 0 spiro atoms. The van der Waals surface area contributed by atoms with Crippen LogP contribution in [-0.2, 0) is 4.79 Å². The minimum absolute atomic E-state index is 0.0818. The molecular weight excluding hydrogens is 360 g/mol. The Labute approximate surface area is 174 Å². The fourth-order valence-electron chi connectivity index (χ4n) is 4.42. The van der Waals surface area contributed by atoms with E-state index in [-0.39, 0.29) is 5.92 Å². The number of hydrogen-bond acceptors (Lipinski definition) is 4. The second-order valence-electron chi connectivity index (χ2n) is 8.87. The van der Waals surface area contributed by atoms with Crippen molar-refractivity contribution in [1.82, 2.24) is 15.1 Å². The van der Waals surface area contributed by atoms with E-state index in [1.165, 1.54) is 11.1 Å². The lowest BCUT2D eigenvalue weighted by Gasteiger charge is -2.37. The Morgan fingerprint density at radius 1 is 0.966 bits per heavy atom. The van der Waals surface area contributed by atoms with Gasteiger partial charge in [0.25, 0.3) is 0 Å². The van der Waals surface area contributed by atoms with Crippen LogP contribution in [0.25, 0.3) is 11.3 Å². The molecule has 2 aromatic rings. The van der Waals surface area contributed by atoms with E-state index in [0.29, 0.717) is 5.91 Å². The molecule has 0 bridgehead atoms. The van der Waals surface area contributed by atoms with Crippen molar-refractivity contribution < 1.29 is 4.79 Å². The maximum atomic E-state index is 13.0. The largest absolute Gasteiger partial charge is 0.354 e. The minimum Gasteiger partial charge on any atom is -0.354 e. The number of aromatic nitrogens is 2. The molecule has 0 N–H and O–H groups in total. The van der Waals surface area contributed by atoms with Crippen molar-refractivity contribution in [2.24, 2.45) is 11.8 Å². The van der Waals surface area contributed by atoms with Gasteiger partial charge in [0.2, 0.25) is 5.91 Å². The molecule has 2 aliphatic heterocycles. The van der Waals surface area contributed by atoms with Crippen LogP contribution in [0.3, 0.4) is 0 Å².